The van der Waals surface area contributed by atoms with E-state index in [1.807, 2.05) is 47.3 Å². The van der Waals surface area contributed by atoms with Gasteiger partial charge in [0.25, 0.3) is 0 Å². The topological polar surface area (TPSA) is 117 Å². The Hall–Kier alpha value is -4.55. The number of hydrogen-bond acceptors (Lipinski definition) is 8. The van der Waals surface area contributed by atoms with Crippen LogP contribution in [0, 0.1) is 16.7 Å². The molecule has 0 bridgehead atoms. The summed E-state index contributed by atoms with van der Waals surface area (Å²) in [5, 5.41) is 27.7. The maximum Gasteiger partial charge on any atom is 0.115 e. The minimum absolute atomic E-state index is 0.00649. The molecule has 0 unspecified atom stereocenters. The van der Waals surface area contributed by atoms with Crippen molar-refractivity contribution >= 4 is 33.9 Å². The molecule has 9 nitrogen and oxygen atoms in total. The highest BCUT2D eigenvalue weighted by Crippen LogP contribution is 2.43. The van der Waals surface area contributed by atoms with Crippen molar-refractivity contribution in [1.82, 2.24) is 29.9 Å². The number of halogens is 1. The van der Waals surface area contributed by atoms with Gasteiger partial charge in [-0.2, -0.15) is 5.26 Å². The minimum Gasteiger partial charge on any atom is -0.383 e. The van der Waals surface area contributed by atoms with E-state index in [2.05, 4.69) is 64.7 Å². The van der Waals surface area contributed by atoms with Gasteiger partial charge >= 0.3 is 0 Å². The zero-order valence-electron chi connectivity index (χ0n) is 24.1. The Balaban J connectivity index is 1.53. The fourth-order valence-corrected chi connectivity index (χ4v) is 5.19. The molecule has 1 atom stereocenters. The van der Waals surface area contributed by atoms with Crippen molar-refractivity contribution in [3.8, 4) is 17.2 Å². The predicted molar refractivity (Wildman–Crippen MR) is 165 cm³/mol. The SMILES string of the molecule is CC(C)(C)CNc1c(C#N)cnc2c(-c3cncnc3)cc(N[C@H](c3cn(C4(C)CC4)nn3)c3ccccc3Cl)cc12. The smallest absolute Gasteiger partial charge is 0.115 e. The van der Waals surface area contributed by atoms with Crippen LogP contribution >= 0.6 is 11.6 Å². The number of anilines is 2. The number of pyridine rings is 1. The summed E-state index contributed by atoms with van der Waals surface area (Å²) in [6.45, 7) is 9.31. The number of nitrogens with one attached hydrogen (secondary N) is 2. The lowest BCUT2D eigenvalue weighted by Gasteiger charge is -2.23. The molecule has 1 aliphatic rings. The van der Waals surface area contributed by atoms with Crippen molar-refractivity contribution in [3.05, 3.63) is 89.4 Å². The molecule has 1 aliphatic carbocycles. The van der Waals surface area contributed by atoms with E-state index in [9.17, 15) is 5.26 Å². The van der Waals surface area contributed by atoms with Gasteiger partial charge in [-0.1, -0.05) is 55.8 Å². The normalized spacial score (nSPS) is 14.8. The highest BCUT2D eigenvalue weighted by Gasteiger charge is 2.41. The van der Waals surface area contributed by atoms with Crippen LogP contribution in [-0.2, 0) is 5.54 Å². The third-order valence-corrected chi connectivity index (χ3v) is 7.96. The predicted octanol–water partition coefficient (Wildman–Crippen LogP) is 6.98. The van der Waals surface area contributed by atoms with Crippen LogP contribution in [0.4, 0.5) is 11.4 Å². The summed E-state index contributed by atoms with van der Waals surface area (Å²) in [5.74, 6) is 0. The number of fused-ring (bicyclic) bond motifs is 1. The lowest BCUT2D eigenvalue weighted by Crippen LogP contribution is -2.20. The van der Waals surface area contributed by atoms with Crippen LogP contribution in [-0.4, -0.2) is 36.5 Å². The fourth-order valence-electron chi connectivity index (χ4n) is 4.94. The van der Waals surface area contributed by atoms with Gasteiger partial charge in [0.1, 0.15) is 18.1 Å². The van der Waals surface area contributed by atoms with E-state index in [4.69, 9.17) is 16.6 Å². The molecule has 0 radical (unpaired) electrons. The van der Waals surface area contributed by atoms with Gasteiger partial charge < -0.3 is 10.6 Å². The summed E-state index contributed by atoms with van der Waals surface area (Å²) in [5.41, 5.74) is 6.05. The standard InChI is InChI=1S/C32H32ClN9/c1-31(2,3)18-38-28-20(13-34)16-37-29-24(21-14-35-19-36-15-21)11-22(12-25(28)29)39-30(23-7-5-6-8-26(23)33)27-17-42(41-40-27)32(4)9-10-32/h5-8,11-12,14-17,19,30,39H,9-10,18H2,1-4H3,(H,37,38)/t30-/m0/s1. The summed E-state index contributed by atoms with van der Waals surface area (Å²) in [6.07, 6.45) is 10.8. The highest BCUT2D eigenvalue weighted by molar-refractivity contribution is 6.31. The van der Waals surface area contributed by atoms with Gasteiger partial charge in [-0.15, -0.1) is 5.10 Å². The Morgan fingerprint density at radius 2 is 1.88 bits per heavy atom. The molecule has 42 heavy (non-hydrogen) atoms. The largest absolute Gasteiger partial charge is 0.383 e. The van der Waals surface area contributed by atoms with Crippen molar-refractivity contribution in [2.45, 2.75) is 52.1 Å². The van der Waals surface area contributed by atoms with Gasteiger partial charge in [-0.3, -0.25) is 4.98 Å². The Kier molecular flexibility index (Phi) is 7.03. The first-order valence-electron chi connectivity index (χ1n) is 13.9. The maximum atomic E-state index is 10.0. The molecule has 1 fully saturated rings. The molecule has 0 amide bonds. The van der Waals surface area contributed by atoms with E-state index < -0.39 is 0 Å². The van der Waals surface area contributed by atoms with Gasteiger partial charge in [-0.25, -0.2) is 14.6 Å². The molecule has 0 spiro atoms. The van der Waals surface area contributed by atoms with Crippen molar-refractivity contribution < 1.29 is 0 Å². The zero-order chi connectivity index (χ0) is 29.5. The second-order valence-electron chi connectivity index (χ2n) is 12.3. The first kappa shape index (κ1) is 27.6. The van der Waals surface area contributed by atoms with Gasteiger partial charge in [-0.05, 0) is 48.9 Å². The second kappa shape index (κ2) is 10.7. The Bertz CT molecular complexity index is 1800. The van der Waals surface area contributed by atoms with Crippen LogP contribution in [0.5, 0.6) is 0 Å². The van der Waals surface area contributed by atoms with Crippen LogP contribution in [0.3, 0.4) is 0 Å². The zero-order valence-corrected chi connectivity index (χ0v) is 24.8. The lowest BCUT2D eigenvalue weighted by molar-refractivity contribution is 0.443. The average Bonchev–Trinajstić information content (AvgIpc) is 3.53. The Morgan fingerprint density at radius 3 is 2.57 bits per heavy atom. The summed E-state index contributed by atoms with van der Waals surface area (Å²) in [6, 6.07) is 13.7. The summed E-state index contributed by atoms with van der Waals surface area (Å²) in [7, 11) is 0. The summed E-state index contributed by atoms with van der Waals surface area (Å²) < 4.78 is 1.96. The van der Waals surface area contributed by atoms with E-state index in [0.717, 1.165) is 57.5 Å². The number of hydrogen-bond donors (Lipinski definition) is 2. The van der Waals surface area contributed by atoms with E-state index in [-0.39, 0.29) is 17.0 Å². The molecule has 212 valence electrons. The van der Waals surface area contributed by atoms with Gasteiger partial charge in [0, 0.05) is 52.4 Å². The molecule has 0 aliphatic heterocycles. The fraction of sp³-hybridized carbons (Fsp3) is 0.312. The highest BCUT2D eigenvalue weighted by atomic mass is 35.5. The number of nitriles is 1. The molecule has 3 aromatic heterocycles. The molecule has 5 aromatic rings. The molecular formula is C32H32ClN9. The summed E-state index contributed by atoms with van der Waals surface area (Å²) in [4.78, 5) is 13.2. The number of nitrogens with zero attached hydrogens (tertiary/aromatic N) is 7. The first-order chi connectivity index (χ1) is 20.1. The number of rotatable bonds is 8. The second-order valence-corrected chi connectivity index (χ2v) is 12.7. The molecule has 10 heteroatoms. The first-order valence-corrected chi connectivity index (χ1v) is 14.3. The van der Waals surface area contributed by atoms with Gasteiger partial charge in [0.2, 0.25) is 0 Å². The van der Waals surface area contributed by atoms with Crippen molar-refractivity contribution in [3.63, 3.8) is 0 Å². The third-order valence-electron chi connectivity index (χ3n) is 7.62. The Morgan fingerprint density at radius 1 is 1.12 bits per heavy atom. The molecular weight excluding hydrogens is 546 g/mol. The quantitative estimate of drug-likeness (QED) is 0.203. The Labute approximate surface area is 250 Å². The lowest BCUT2D eigenvalue weighted by atomic mass is 9.95. The molecule has 1 saturated carbocycles. The van der Waals surface area contributed by atoms with Crippen molar-refractivity contribution in [2.75, 3.05) is 17.2 Å². The van der Waals surface area contributed by atoms with Gasteiger partial charge in [0.15, 0.2) is 0 Å². The van der Waals surface area contributed by atoms with Crippen molar-refractivity contribution in [2.24, 2.45) is 5.41 Å². The monoisotopic (exact) mass is 577 g/mol. The summed E-state index contributed by atoms with van der Waals surface area (Å²) >= 11 is 6.75. The van der Waals surface area contributed by atoms with E-state index >= 15 is 0 Å². The molecule has 2 aromatic carbocycles. The van der Waals surface area contributed by atoms with Crippen LogP contribution < -0.4 is 10.6 Å². The average molecular weight is 578 g/mol. The van der Waals surface area contributed by atoms with Crippen LogP contribution in [0.25, 0.3) is 22.0 Å². The van der Waals surface area contributed by atoms with Crippen LogP contribution in [0.2, 0.25) is 5.02 Å². The number of benzene rings is 2. The minimum atomic E-state index is -0.384. The molecule has 3 heterocycles. The van der Waals surface area contributed by atoms with Crippen LogP contribution in [0.1, 0.15) is 63.4 Å². The van der Waals surface area contributed by atoms with E-state index in [1.54, 1.807) is 18.6 Å². The van der Waals surface area contributed by atoms with Crippen molar-refractivity contribution in [1.29, 1.82) is 5.26 Å². The van der Waals surface area contributed by atoms with Gasteiger partial charge in [0.05, 0.1) is 34.5 Å². The maximum absolute atomic E-state index is 10.0. The van der Waals surface area contributed by atoms with E-state index in [1.165, 1.54) is 6.33 Å². The third kappa shape index (κ3) is 5.50. The molecule has 2 N–H and O–H groups in total. The molecule has 6 rings (SSSR count). The van der Waals surface area contributed by atoms with Crippen LogP contribution in [0.15, 0.2) is 67.5 Å². The number of aromatic nitrogens is 6. The molecule has 0 saturated heterocycles. The van der Waals surface area contributed by atoms with E-state index in [0.29, 0.717) is 17.1 Å².